The molecule has 0 saturated carbocycles. The van der Waals surface area contributed by atoms with Crippen LogP contribution >= 0.6 is 0 Å². The van der Waals surface area contributed by atoms with Crippen LogP contribution in [0.4, 0.5) is 0 Å². The first-order valence-corrected chi connectivity index (χ1v) is 11.1. The normalized spacial score (nSPS) is 18.0. The Bertz CT molecular complexity index is 739. The van der Waals surface area contributed by atoms with Crippen LogP contribution in [0.3, 0.4) is 0 Å². The molecule has 0 radical (unpaired) electrons. The van der Waals surface area contributed by atoms with E-state index in [-0.39, 0.29) is 0 Å². The van der Waals surface area contributed by atoms with Gasteiger partial charge in [0.15, 0.2) is 5.96 Å². The molecule has 158 valence electrons. The lowest BCUT2D eigenvalue weighted by atomic mass is 10.0. The standard InChI is InChI=1S/C23H36N6/c1-3-21-12-8-9-15-28(21)16-14-26-23(24-4-2)27-18-22-25-13-17-29(22)19-20-10-6-5-7-11-20/h5-7,10-11,13,17,21H,3-4,8-9,12,14-16,18-19H2,1-2H3,(H2,24,26,27). The largest absolute Gasteiger partial charge is 0.357 e. The molecular formula is C23H36N6. The molecule has 6 nitrogen and oxygen atoms in total. The molecule has 0 bridgehead atoms. The van der Waals surface area contributed by atoms with Crippen LogP contribution in [0.25, 0.3) is 0 Å². The molecule has 2 N–H and O–H groups in total. The van der Waals surface area contributed by atoms with Crippen LogP contribution in [-0.2, 0) is 13.1 Å². The molecule has 0 amide bonds. The van der Waals surface area contributed by atoms with E-state index in [1.807, 2.05) is 18.5 Å². The van der Waals surface area contributed by atoms with E-state index in [0.29, 0.717) is 6.54 Å². The molecule has 2 heterocycles. The molecule has 1 aromatic heterocycles. The molecular weight excluding hydrogens is 360 g/mol. The predicted octanol–water partition coefficient (Wildman–Crippen LogP) is 3.25. The molecule has 6 heteroatoms. The third-order valence-corrected chi connectivity index (χ3v) is 5.63. The third kappa shape index (κ3) is 6.60. The lowest BCUT2D eigenvalue weighted by molar-refractivity contribution is 0.147. The van der Waals surface area contributed by atoms with E-state index in [1.54, 1.807) is 0 Å². The van der Waals surface area contributed by atoms with Crippen LogP contribution in [0, 0.1) is 0 Å². The summed E-state index contributed by atoms with van der Waals surface area (Å²) >= 11 is 0. The van der Waals surface area contributed by atoms with Crippen molar-refractivity contribution in [3.05, 3.63) is 54.1 Å². The molecule has 1 aliphatic rings. The van der Waals surface area contributed by atoms with Crippen molar-refractivity contribution in [3.63, 3.8) is 0 Å². The van der Waals surface area contributed by atoms with Crippen LogP contribution in [-0.4, -0.2) is 52.6 Å². The van der Waals surface area contributed by atoms with Gasteiger partial charge in [-0.25, -0.2) is 9.98 Å². The number of aromatic nitrogens is 2. The Labute approximate surface area is 175 Å². The van der Waals surface area contributed by atoms with Crippen molar-refractivity contribution >= 4 is 5.96 Å². The fraction of sp³-hybridized carbons (Fsp3) is 0.565. The van der Waals surface area contributed by atoms with Gasteiger partial charge in [-0.05, 0) is 38.3 Å². The van der Waals surface area contributed by atoms with Gasteiger partial charge in [0, 0.05) is 44.6 Å². The average Bonchev–Trinajstić information content (AvgIpc) is 3.20. The minimum Gasteiger partial charge on any atom is -0.357 e. The van der Waals surface area contributed by atoms with Crippen LogP contribution in [0.2, 0.25) is 0 Å². The molecule has 1 aromatic carbocycles. The number of piperidine rings is 1. The Morgan fingerprint density at radius 2 is 2.03 bits per heavy atom. The van der Waals surface area contributed by atoms with E-state index in [1.165, 1.54) is 37.8 Å². The zero-order chi connectivity index (χ0) is 20.3. The van der Waals surface area contributed by atoms with Crippen LogP contribution in [0.15, 0.2) is 47.7 Å². The zero-order valence-corrected chi connectivity index (χ0v) is 18.0. The molecule has 1 saturated heterocycles. The first kappa shape index (κ1) is 21.4. The van der Waals surface area contributed by atoms with Crippen molar-refractivity contribution in [2.45, 2.75) is 58.7 Å². The minimum atomic E-state index is 0.566. The van der Waals surface area contributed by atoms with Gasteiger partial charge in [0.1, 0.15) is 12.4 Å². The SMILES string of the molecule is CCNC(=NCc1nccn1Cc1ccccc1)NCCN1CCCCC1CC. The summed E-state index contributed by atoms with van der Waals surface area (Å²) in [5.41, 5.74) is 1.27. The first-order chi connectivity index (χ1) is 14.3. The number of hydrogen-bond acceptors (Lipinski definition) is 3. The van der Waals surface area contributed by atoms with E-state index in [0.717, 1.165) is 44.0 Å². The van der Waals surface area contributed by atoms with E-state index in [4.69, 9.17) is 4.99 Å². The Morgan fingerprint density at radius 1 is 1.17 bits per heavy atom. The van der Waals surface area contributed by atoms with Gasteiger partial charge in [0.2, 0.25) is 0 Å². The zero-order valence-electron chi connectivity index (χ0n) is 18.0. The summed E-state index contributed by atoms with van der Waals surface area (Å²) in [5.74, 6) is 1.85. The Hall–Kier alpha value is -2.34. The molecule has 1 aliphatic heterocycles. The van der Waals surface area contributed by atoms with Gasteiger partial charge in [-0.2, -0.15) is 0 Å². The van der Waals surface area contributed by atoms with Gasteiger partial charge in [-0.15, -0.1) is 0 Å². The smallest absolute Gasteiger partial charge is 0.191 e. The minimum absolute atomic E-state index is 0.566. The maximum absolute atomic E-state index is 4.77. The van der Waals surface area contributed by atoms with Gasteiger partial charge in [0.05, 0.1) is 0 Å². The van der Waals surface area contributed by atoms with Crippen molar-refractivity contribution < 1.29 is 0 Å². The number of imidazole rings is 1. The van der Waals surface area contributed by atoms with Crippen molar-refractivity contribution in [1.82, 2.24) is 25.1 Å². The summed E-state index contributed by atoms with van der Waals surface area (Å²) in [6, 6.07) is 11.2. The molecule has 0 spiro atoms. The number of hydrogen-bond donors (Lipinski definition) is 2. The number of rotatable bonds is 9. The summed E-state index contributed by atoms with van der Waals surface area (Å²) in [6.45, 7) is 9.87. The maximum atomic E-state index is 4.77. The first-order valence-electron chi connectivity index (χ1n) is 11.1. The van der Waals surface area contributed by atoms with Crippen molar-refractivity contribution in [1.29, 1.82) is 0 Å². The predicted molar refractivity (Wildman–Crippen MR) is 120 cm³/mol. The van der Waals surface area contributed by atoms with Crippen LogP contribution < -0.4 is 10.6 Å². The molecule has 3 rings (SSSR count). The van der Waals surface area contributed by atoms with Gasteiger partial charge in [-0.1, -0.05) is 43.7 Å². The van der Waals surface area contributed by atoms with Gasteiger partial charge in [-0.3, -0.25) is 4.90 Å². The lowest BCUT2D eigenvalue weighted by Gasteiger charge is -2.35. The van der Waals surface area contributed by atoms with Gasteiger partial charge >= 0.3 is 0 Å². The van der Waals surface area contributed by atoms with Crippen molar-refractivity contribution in [3.8, 4) is 0 Å². The Morgan fingerprint density at radius 3 is 2.83 bits per heavy atom. The molecule has 2 aromatic rings. The summed E-state index contributed by atoms with van der Waals surface area (Å²) in [4.78, 5) is 11.9. The fourth-order valence-electron chi connectivity index (χ4n) is 4.04. The highest BCUT2D eigenvalue weighted by atomic mass is 15.2. The van der Waals surface area contributed by atoms with Crippen LogP contribution in [0.5, 0.6) is 0 Å². The number of benzene rings is 1. The second-order valence-corrected chi connectivity index (χ2v) is 7.67. The number of aliphatic imine (C=N–C) groups is 1. The van der Waals surface area contributed by atoms with Gasteiger partial charge < -0.3 is 15.2 Å². The molecule has 1 unspecified atom stereocenters. The number of nitrogens with one attached hydrogen (secondary N) is 2. The summed E-state index contributed by atoms with van der Waals surface area (Å²) < 4.78 is 2.17. The molecule has 29 heavy (non-hydrogen) atoms. The monoisotopic (exact) mass is 396 g/mol. The number of guanidine groups is 1. The average molecular weight is 397 g/mol. The maximum Gasteiger partial charge on any atom is 0.191 e. The topological polar surface area (TPSA) is 57.5 Å². The molecule has 1 fully saturated rings. The van der Waals surface area contributed by atoms with E-state index < -0.39 is 0 Å². The summed E-state index contributed by atoms with van der Waals surface area (Å²) in [5, 5.41) is 6.86. The number of likely N-dealkylation sites (tertiary alicyclic amines) is 1. The fourth-order valence-corrected chi connectivity index (χ4v) is 4.04. The van der Waals surface area contributed by atoms with E-state index in [9.17, 15) is 0 Å². The van der Waals surface area contributed by atoms with Crippen molar-refractivity contribution in [2.24, 2.45) is 4.99 Å². The van der Waals surface area contributed by atoms with Crippen molar-refractivity contribution in [2.75, 3.05) is 26.2 Å². The molecule has 1 atom stereocenters. The quantitative estimate of drug-likeness (QED) is 0.505. The summed E-state index contributed by atoms with van der Waals surface area (Å²) in [6.07, 6.45) is 9.18. The highest BCUT2D eigenvalue weighted by Gasteiger charge is 2.19. The second kappa shape index (κ2) is 11.6. The highest BCUT2D eigenvalue weighted by Crippen LogP contribution is 2.18. The number of nitrogens with zero attached hydrogens (tertiary/aromatic N) is 4. The third-order valence-electron chi connectivity index (χ3n) is 5.63. The molecule has 0 aliphatic carbocycles. The Kier molecular flexibility index (Phi) is 8.56. The van der Waals surface area contributed by atoms with Crippen LogP contribution in [0.1, 0.15) is 50.9 Å². The van der Waals surface area contributed by atoms with E-state index in [2.05, 4.69) is 63.2 Å². The summed E-state index contributed by atoms with van der Waals surface area (Å²) in [7, 11) is 0. The highest BCUT2D eigenvalue weighted by molar-refractivity contribution is 5.79. The second-order valence-electron chi connectivity index (χ2n) is 7.67. The van der Waals surface area contributed by atoms with Gasteiger partial charge in [0.25, 0.3) is 0 Å². The Balaban J connectivity index is 1.53. The lowest BCUT2D eigenvalue weighted by Crippen LogP contribution is -2.45. The van der Waals surface area contributed by atoms with E-state index >= 15 is 0 Å².